The topological polar surface area (TPSA) is 66.5 Å². The zero-order valence-electron chi connectivity index (χ0n) is 15.3. The Balaban J connectivity index is 2.17. The predicted octanol–water partition coefficient (Wildman–Crippen LogP) is 3.60. The van der Waals surface area contributed by atoms with Crippen LogP contribution in [0, 0.1) is 13.8 Å². The first-order valence-corrected chi connectivity index (χ1v) is 10.4. The molecule has 5 nitrogen and oxygen atoms in total. The van der Waals surface area contributed by atoms with Gasteiger partial charge in [0.2, 0.25) is 15.9 Å². The molecule has 1 N–H and O–H groups in total. The van der Waals surface area contributed by atoms with E-state index >= 15 is 0 Å². The molecule has 140 valence electrons. The molecule has 0 saturated carbocycles. The van der Waals surface area contributed by atoms with Crippen LogP contribution in [0.5, 0.6) is 0 Å². The van der Waals surface area contributed by atoms with Crippen molar-refractivity contribution in [1.29, 1.82) is 0 Å². The number of amides is 1. The number of halogens is 1. The van der Waals surface area contributed by atoms with Gasteiger partial charge in [-0.3, -0.25) is 9.10 Å². The number of sulfonamides is 1. The summed E-state index contributed by atoms with van der Waals surface area (Å²) in [5.41, 5.74) is 3.58. The molecule has 0 radical (unpaired) electrons. The minimum Gasteiger partial charge on any atom is -0.348 e. The van der Waals surface area contributed by atoms with Crippen LogP contribution in [0.15, 0.2) is 42.5 Å². The second-order valence-electron chi connectivity index (χ2n) is 6.40. The molecule has 0 aliphatic heterocycles. The average Bonchev–Trinajstić information content (AvgIpc) is 2.51. The van der Waals surface area contributed by atoms with Gasteiger partial charge >= 0.3 is 0 Å². The average molecular weight is 395 g/mol. The van der Waals surface area contributed by atoms with Gasteiger partial charge in [0.25, 0.3) is 0 Å². The lowest BCUT2D eigenvalue weighted by molar-refractivity contribution is -0.120. The summed E-state index contributed by atoms with van der Waals surface area (Å²) >= 11 is 5.95. The number of aryl methyl sites for hydroxylation is 2. The van der Waals surface area contributed by atoms with Gasteiger partial charge < -0.3 is 5.32 Å². The summed E-state index contributed by atoms with van der Waals surface area (Å²) in [5.74, 6) is -0.386. The molecule has 0 heterocycles. The number of carbonyl (C=O) groups excluding carboxylic acids is 1. The third kappa shape index (κ3) is 5.22. The number of nitrogens with one attached hydrogen (secondary N) is 1. The first kappa shape index (κ1) is 20.3. The van der Waals surface area contributed by atoms with Crippen molar-refractivity contribution in [3.63, 3.8) is 0 Å². The molecule has 1 amide bonds. The van der Waals surface area contributed by atoms with E-state index in [1.807, 2.05) is 39.0 Å². The van der Waals surface area contributed by atoms with Gasteiger partial charge in [-0.05, 0) is 50.1 Å². The van der Waals surface area contributed by atoms with Crippen LogP contribution < -0.4 is 9.62 Å². The zero-order valence-corrected chi connectivity index (χ0v) is 16.9. The van der Waals surface area contributed by atoms with E-state index in [0.717, 1.165) is 27.3 Å². The highest BCUT2D eigenvalue weighted by molar-refractivity contribution is 7.92. The van der Waals surface area contributed by atoms with Crippen LogP contribution in [0.1, 0.15) is 29.7 Å². The Hall–Kier alpha value is -2.05. The lowest BCUT2D eigenvalue weighted by atomic mass is 10.0. The maximum Gasteiger partial charge on any atom is 0.241 e. The largest absolute Gasteiger partial charge is 0.348 e. The van der Waals surface area contributed by atoms with E-state index in [1.165, 1.54) is 6.07 Å². The van der Waals surface area contributed by atoms with Crippen molar-refractivity contribution in [2.45, 2.75) is 26.8 Å². The van der Waals surface area contributed by atoms with Gasteiger partial charge in [-0.2, -0.15) is 0 Å². The summed E-state index contributed by atoms with van der Waals surface area (Å²) in [4.78, 5) is 12.5. The van der Waals surface area contributed by atoms with Crippen LogP contribution in [0.25, 0.3) is 0 Å². The molecular weight excluding hydrogens is 372 g/mol. The molecule has 1 atom stereocenters. The Bertz CT molecular complexity index is 913. The van der Waals surface area contributed by atoms with Crippen molar-refractivity contribution in [3.8, 4) is 0 Å². The lowest BCUT2D eigenvalue weighted by Crippen LogP contribution is -2.41. The van der Waals surface area contributed by atoms with Crippen LogP contribution in [0.2, 0.25) is 5.02 Å². The number of benzene rings is 2. The van der Waals surface area contributed by atoms with Gasteiger partial charge in [0.1, 0.15) is 6.54 Å². The minimum absolute atomic E-state index is 0.233. The van der Waals surface area contributed by atoms with Gasteiger partial charge in [0.05, 0.1) is 18.0 Å². The Labute approximate surface area is 160 Å². The van der Waals surface area contributed by atoms with E-state index in [2.05, 4.69) is 5.32 Å². The number of hydrogen-bond donors (Lipinski definition) is 1. The van der Waals surface area contributed by atoms with Gasteiger partial charge in [-0.1, -0.05) is 41.4 Å². The fraction of sp³-hybridized carbons (Fsp3) is 0.316. The second-order valence-corrected chi connectivity index (χ2v) is 8.74. The van der Waals surface area contributed by atoms with Crippen LogP contribution in [-0.2, 0) is 14.8 Å². The van der Waals surface area contributed by atoms with Gasteiger partial charge in [0.15, 0.2) is 0 Å². The molecular formula is C19H23ClN2O3S. The molecule has 0 bridgehead atoms. The maximum absolute atomic E-state index is 12.5. The Kier molecular flexibility index (Phi) is 6.31. The summed E-state index contributed by atoms with van der Waals surface area (Å²) in [6, 6.07) is 12.2. The molecule has 2 aromatic rings. The van der Waals surface area contributed by atoms with E-state index in [9.17, 15) is 13.2 Å². The number of rotatable bonds is 6. The van der Waals surface area contributed by atoms with E-state index in [-0.39, 0.29) is 18.5 Å². The number of hydrogen-bond acceptors (Lipinski definition) is 3. The highest BCUT2D eigenvalue weighted by Gasteiger charge is 2.22. The molecule has 0 saturated heterocycles. The van der Waals surface area contributed by atoms with Crippen molar-refractivity contribution in [3.05, 3.63) is 64.2 Å². The number of carbonyl (C=O) groups is 1. The lowest BCUT2D eigenvalue weighted by Gasteiger charge is -2.24. The van der Waals surface area contributed by atoms with Crippen LogP contribution >= 0.6 is 11.6 Å². The summed E-state index contributed by atoms with van der Waals surface area (Å²) in [6.45, 7) is 5.56. The Morgan fingerprint density at radius 3 is 2.46 bits per heavy atom. The third-order valence-corrected chi connectivity index (χ3v) is 5.43. The smallest absolute Gasteiger partial charge is 0.241 e. The molecule has 0 aliphatic carbocycles. The molecule has 0 spiro atoms. The monoisotopic (exact) mass is 394 g/mol. The third-order valence-electron chi connectivity index (χ3n) is 4.05. The normalized spacial score (nSPS) is 12.5. The first-order valence-electron chi connectivity index (χ1n) is 8.17. The van der Waals surface area contributed by atoms with Gasteiger partial charge in [-0.15, -0.1) is 0 Å². The predicted molar refractivity (Wildman–Crippen MR) is 106 cm³/mol. The SMILES string of the molecule is Cc1ccc([C@H](C)NC(=O)CN(c2cccc(Cl)c2)S(C)(=O)=O)c(C)c1. The standard InChI is InChI=1S/C19H23ClN2O3S/c1-13-8-9-18(14(2)10-13)15(3)21-19(23)12-22(26(4,24)25)17-7-5-6-16(20)11-17/h5-11,15H,12H2,1-4H3,(H,21,23)/t15-/m0/s1. The summed E-state index contributed by atoms with van der Waals surface area (Å²) in [6.07, 6.45) is 1.06. The maximum atomic E-state index is 12.5. The quantitative estimate of drug-likeness (QED) is 0.813. The minimum atomic E-state index is -3.63. The molecule has 26 heavy (non-hydrogen) atoms. The van der Waals surface area contributed by atoms with Crippen molar-refractivity contribution in [2.24, 2.45) is 0 Å². The van der Waals surface area contributed by atoms with Crippen LogP contribution in [-0.4, -0.2) is 27.1 Å². The molecule has 2 rings (SSSR count). The van der Waals surface area contributed by atoms with Gasteiger partial charge in [-0.25, -0.2) is 8.42 Å². The second kappa shape index (κ2) is 8.10. The number of nitrogens with zero attached hydrogens (tertiary/aromatic N) is 1. The summed E-state index contributed by atoms with van der Waals surface area (Å²) in [5, 5.41) is 3.27. The van der Waals surface area contributed by atoms with E-state index in [4.69, 9.17) is 11.6 Å². The van der Waals surface area contributed by atoms with E-state index in [0.29, 0.717) is 10.7 Å². The van der Waals surface area contributed by atoms with Crippen LogP contribution in [0.4, 0.5) is 5.69 Å². The fourth-order valence-corrected chi connectivity index (χ4v) is 3.87. The molecule has 0 aliphatic rings. The molecule has 7 heteroatoms. The summed E-state index contributed by atoms with van der Waals surface area (Å²) in [7, 11) is -3.63. The molecule has 0 fully saturated rings. The summed E-state index contributed by atoms with van der Waals surface area (Å²) < 4.78 is 25.3. The van der Waals surface area contributed by atoms with Gasteiger partial charge in [0, 0.05) is 5.02 Å². The first-order chi connectivity index (χ1) is 12.1. The zero-order chi connectivity index (χ0) is 19.5. The Morgan fingerprint density at radius 1 is 1.19 bits per heavy atom. The Morgan fingerprint density at radius 2 is 1.88 bits per heavy atom. The molecule has 0 unspecified atom stereocenters. The van der Waals surface area contributed by atoms with Crippen LogP contribution in [0.3, 0.4) is 0 Å². The highest BCUT2D eigenvalue weighted by atomic mass is 35.5. The molecule has 2 aromatic carbocycles. The van der Waals surface area contributed by atoms with Crippen molar-refractivity contribution in [2.75, 3.05) is 17.1 Å². The molecule has 0 aromatic heterocycles. The fourth-order valence-electron chi connectivity index (χ4n) is 2.84. The number of anilines is 1. The van der Waals surface area contributed by atoms with Crippen molar-refractivity contribution in [1.82, 2.24) is 5.32 Å². The van der Waals surface area contributed by atoms with Crippen molar-refractivity contribution < 1.29 is 13.2 Å². The van der Waals surface area contributed by atoms with E-state index in [1.54, 1.807) is 18.2 Å². The highest BCUT2D eigenvalue weighted by Crippen LogP contribution is 2.22. The van der Waals surface area contributed by atoms with Crippen molar-refractivity contribution >= 4 is 33.2 Å². The van der Waals surface area contributed by atoms with E-state index < -0.39 is 10.0 Å².